The molecule has 6 heteroatoms. The van der Waals surface area contributed by atoms with Crippen molar-refractivity contribution in [2.24, 2.45) is 0 Å². The van der Waals surface area contributed by atoms with Gasteiger partial charge in [-0.05, 0) is 42.0 Å². The molecule has 0 unspecified atom stereocenters. The van der Waals surface area contributed by atoms with Crippen LogP contribution in [0, 0.1) is 0 Å². The fourth-order valence-electron chi connectivity index (χ4n) is 2.44. The summed E-state index contributed by atoms with van der Waals surface area (Å²) in [4.78, 5) is 28.0. The molecule has 0 aliphatic heterocycles. The second-order valence-electron chi connectivity index (χ2n) is 7.41. The number of halogens is 1. The van der Waals surface area contributed by atoms with Crippen molar-refractivity contribution in [3.8, 4) is 0 Å². The zero-order valence-electron chi connectivity index (χ0n) is 16.1. The number of aromatic nitrogens is 1. The first-order chi connectivity index (χ1) is 12.7. The molecule has 144 valence electrons. The molecule has 0 saturated heterocycles. The zero-order chi connectivity index (χ0) is 20.0. The van der Waals surface area contributed by atoms with Crippen LogP contribution in [0.4, 0.5) is 5.69 Å². The SMILES string of the molecule is C[C@H](OC(=O)CCc1ccc(C(C)(C)C)cc1)C(=O)Nc1cccnc1Cl. The van der Waals surface area contributed by atoms with Gasteiger partial charge in [0, 0.05) is 12.6 Å². The van der Waals surface area contributed by atoms with Gasteiger partial charge < -0.3 is 10.1 Å². The van der Waals surface area contributed by atoms with E-state index in [1.165, 1.54) is 18.7 Å². The molecule has 0 saturated carbocycles. The Morgan fingerprint density at radius 1 is 1.19 bits per heavy atom. The topological polar surface area (TPSA) is 68.3 Å². The quantitative estimate of drug-likeness (QED) is 0.582. The Kier molecular flexibility index (Phi) is 6.97. The standard InChI is InChI=1S/C21H25ClN2O3/c1-14(20(26)24-17-6-5-13-23-19(17)22)27-18(25)12-9-15-7-10-16(11-8-15)21(2,3)4/h5-8,10-11,13-14H,9,12H2,1-4H3,(H,24,26)/t14-/m0/s1. The highest BCUT2D eigenvalue weighted by Gasteiger charge is 2.19. The number of rotatable bonds is 6. The number of nitrogens with zero attached hydrogens (tertiary/aromatic N) is 1. The average Bonchev–Trinajstić information content (AvgIpc) is 2.61. The molecule has 1 aromatic heterocycles. The average molecular weight is 389 g/mol. The van der Waals surface area contributed by atoms with Crippen molar-refractivity contribution >= 4 is 29.2 Å². The normalized spacial score (nSPS) is 12.3. The lowest BCUT2D eigenvalue weighted by atomic mass is 9.86. The minimum Gasteiger partial charge on any atom is -0.453 e. The number of carbonyl (C=O) groups excluding carboxylic acids is 2. The molecule has 2 rings (SSSR count). The minimum atomic E-state index is -0.919. The van der Waals surface area contributed by atoms with Gasteiger partial charge in [-0.15, -0.1) is 0 Å². The molecule has 1 aromatic carbocycles. The second-order valence-corrected chi connectivity index (χ2v) is 7.77. The Hall–Kier alpha value is -2.40. The summed E-state index contributed by atoms with van der Waals surface area (Å²) in [5, 5.41) is 2.78. The van der Waals surface area contributed by atoms with E-state index in [9.17, 15) is 9.59 Å². The summed E-state index contributed by atoms with van der Waals surface area (Å²) in [6.07, 6.45) is 1.37. The highest BCUT2D eigenvalue weighted by Crippen LogP contribution is 2.22. The van der Waals surface area contributed by atoms with Crippen molar-refractivity contribution in [2.45, 2.75) is 52.1 Å². The zero-order valence-corrected chi connectivity index (χ0v) is 16.8. The molecule has 1 heterocycles. The molecule has 1 amide bonds. The molecular weight excluding hydrogens is 364 g/mol. The Bertz CT molecular complexity index is 798. The van der Waals surface area contributed by atoms with Crippen LogP contribution in [0.15, 0.2) is 42.6 Å². The van der Waals surface area contributed by atoms with Crippen LogP contribution in [-0.2, 0) is 26.2 Å². The van der Waals surface area contributed by atoms with Gasteiger partial charge in [-0.1, -0.05) is 56.6 Å². The van der Waals surface area contributed by atoms with Gasteiger partial charge in [-0.3, -0.25) is 9.59 Å². The molecular formula is C21H25ClN2O3. The smallest absolute Gasteiger partial charge is 0.306 e. The Morgan fingerprint density at radius 3 is 2.44 bits per heavy atom. The number of amides is 1. The number of nitrogens with one attached hydrogen (secondary N) is 1. The second kappa shape index (κ2) is 9.00. The Morgan fingerprint density at radius 2 is 1.85 bits per heavy atom. The predicted octanol–water partition coefficient (Wildman–Crippen LogP) is 4.54. The summed E-state index contributed by atoms with van der Waals surface area (Å²) in [6, 6.07) is 11.5. The van der Waals surface area contributed by atoms with Crippen LogP contribution >= 0.6 is 11.6 Å². The van der Waals surface area contributed by atoms with Crippen molar-refractivity contribution < 1.29 is 14.3 Å². The summed E-state index contributed by atoms with van der Waals surface area (Å²) < 4.78 is 5.21. The van der Waals surface area contributed by atoms with Crippen LogP contribution in [0.25, 0.3) is 0 Å². The van der Waals surface area contributed by atoms with Crippen LogP contribution in [0.5, 0.6) is 0 Å². The number of pyridine rings is 1. The largest absolute Gasteiger partial charge is 0.453 e. The minimum absolute atomic E-state index is 0.0947. The number of benzene rings is 1. The molecule has 0 fully saturated rings. The number of esters is 1. The molecule has 5 nitrogen and oxygen atoms in total. The van der Waals surface area contributed by atoms with Gasteiger partial charge in [0.1, 0.15) is 0 Å². The molecule has 1 atom stereocenters. The fourth-order valence-corrected chi connectivity index (χ4v) is 2.61. The van der Waals surface area contributed by atoms with E-state index >= 15 is 0 Å². The third-order valence-electron chi connectivity index (χ3n) is 4.13. The number of hydrogen-bond donors (Lipinski definition) is 1. The van der Waals surface area contributed by atoms with Gasteiger partial charge in [-0.2, -0.15) is 0 Å². The first kappa shape index (κ1) is 20.9. The summed E-state index contributed by atoms with van der Waals surface area (Å²) in [7, 11) is 0. The van der Waals surface area contributed by atoms with E-state index in [1.54, 1.807) is 12.1 Å². The van der Waals surface area contributed by atoms with Crippen LogP contribution in [0.1, 0.15) is 45.2 Å². The number of carbonyl (C=O) groups is 2. The first-order valence-electron chi connectivity index (χ1n) is 8.87. The monoisotopic (exact) mass is 388 g/mol. The summed E-state index contributed by atoms with van der Waals surface area (Å²) in [6.45, 7) is 8.00. The lowest BCUT2D eigenvalue weighted by molar-refractivity contribution is -0.153. The molecule has 2 aromatic rings. The van der Waals surface area contributed by atoms with Gasteiger partial charge >= 0.3 is 5.97 Å². The van der Waals surface area contributed by atoms with Crippen molar-refractivity contribution in [2.75, 3.05) is 5.32 Å². The van der Waals surface area contributed by atoms with E-state index in [0.29, 0.717) is 12.1 Å². The first-order valence-corrected chi connectivity index (χ1v) is 9.25. The maximum atomic E-state index is 12.1. The van der Waals surface area contributed by atoms with Crippen molar-refractivity contribution in [3.05, 3.63) is 58.9 Å². The van der Waals surface area contributed by atoms with Crippen LogP contribution in [-0.4, -0.2) is 23.0 Å². The summed E-state index contributed by atoms with van der Waals surface area (Å²) in [5.74, 6) is -0.873. The molecule has 0 spiro atoms. The van der Waals surface area contributed by atoms with Gasteiger partial charge in [-0.25, -0.2) is 4.98 Å². The van der Waals surface area contributed by atoms with Crippen LogP contribution in [0.3, 0.4) is 0 Å². The molecule has 1 N–H and O–H groups in total. The van der Waals surface area contributed by atoms with Gasteiger partial charge in [0.15, 0.2) is 11.3 Å². The highest BCUT2D eigenvalue weighted by atomic mass is 35.5. The summed E-state index contributed by atoms with van der Waals surface area (Å²) >= 11 is 5.90. The van der Waals surface area contributed by atoms with E-state index in [-0.39, 0.29) is 17.0 Å². The van der Waals surface area contributed by atoms with E-state index in [4.69, 9.17) is 16.3 Å². The van der Waals surface area contributed by atoms with E-state index in [1.807, 2.05) is 12.1 Å². The van der Waals surface area contributed by atoms with Crippen molar-refractivity contribution in [3.63, 3.8) is 0 Å². The Balaban J connectivity index is 1.82. The van der Waals surface area contributed by atoms with Gasteiger partial charge in [0.05, 0.1) is 5.69 Å². The number of anilines is 1. The molecule has 0 aliphatic rings. The van der Waals surface area contributed by atoms with E-state index < -0.39 is 18.0 Å². The molecule has 27 heavy (non-hydrogen) atoms. The number of aryl methyl sites for hydroxylation is 1. The number of ether oxygens (including phenoxy) is 1. The molecule has 0 aliphatic carbocycles. The molecule has 0 radical (unpaired) electrons. The van der Waals surface area contributed by atoms with Gasteiger partial charge in [0.25, 0.3) is 5.91 Å². The van der Waals surface area contributed by atoms with Crippen molar-refractivity contribution in [1.82, 2.24) is 4.98 Å². The summed E-state index contributed by atoms with van der Waals surface area (Å²) in [5.41, 5.74) is 2.77. The third kappa shape index (κ3) is 6.36. The lowest BCUT2D eigenvalue weighted by Gasteiger charge is -2.19. The van der Waals surface area contributed by atoms with Crippen molar-refractivity contribution in [1.29, 1.82) is 0 Å². The maximum Gasteiger partial charge on any atom is 0.306 e. The van der Waals surface area contributed by atoms with Crippen LogP contribution < -0.4 is 5.32 Å². The lowest BCUT2D eigenvalue weighted by Crippen LogP contribution is -2.30. The fraction of sp³-hybridized carbons (Fsp3) is 0.381. The number of hydrogen-bond acceptors (Lipinski definition) is 4. The van der Waals surface area contributed by atoms with E-state index in [2.05, 4.69) is 43.2 Å². The molecule has 0 bridgehead atoms. The Labute approximate surface area is 165 Å². The third-order valence-corrected chi connectivity index (χ3v) is 4.43. The van der Waals surface area contributed by atoms with E-state index in [0.717, 1.165) is 5.56 Å². The predicted molar refractivity (Wildman–Crippen MR) is 107 cm³/mol. The maximum absolute atomic E-state index is 12.1. The van der Waals surface area contributed by atoms with Gasteiger partial charge in [0.2, 0.25) is 0 Å². The highest BCUT2D eigenvalue weighted by molar-refractivity contribution is 6.32. The van der Waals surface area contributed by atoms with Crippen LogP contribution in [0.2, 0.25) is 5.15 Å².